The fourth-order valence-corrected chi connectivity index (χ4v) is 0.949. The summed E-state index contributed by atoms with van der Waals surface area (Å²) in [6, 6.07) is 0.371. The standard InChI is InChI=1S/C10H17N/c1-5-8-10(6-2)9(4)11-7-3/h5-6,8-9,11H,1-2,7H2,3-4H3/b10-8+/t9-/m1/s1. The van der Waals surface area contributed by atoms with Gasteiger partial charge in [0.1, 0.15) is 0 Å². The van der Waals surface area contributed by atoms with Crippen LogP contribution in [-0.2, 0) is 0 Å². The Balaban J connectivity index is 4.12. The Hall–Kier alpha value is -0.820. The molecule has 0 aromatic carbocycles. The van der Waals surface area contributed by atoms with Gasteiger partial charge in [0.25, 0.3) is 0 Å². The van der Waals surface area contributed by atoms with Crippen molar-refractivity contribution in [3.05, 3.63) is 37.0 Å². The summed E-state index contributed by atoms with van der Waals surface area (Å²) in [4.78, 5) is 0. The summed E-state index contributed by atoms with van der Waals surface area (Å²) in [5.41, 5.74) is 1.18. The Kier molecular flexibility index (Phi) is 5.49. The normalized spacial score (nSPS) is 14.2. The van der Waals surface area contributed by atoms with E-state index in [-0.39, 0.29) is 0 Å². The summed E-state index contributed by atoms with van der Waals surface area (Å²) < 4.78 is 0. The van der Waals surface area contributed by atoms with Crippen LogP contribution in [0.2, 0.25) is 0 Å². The molecule has 0 saturated carbocycles. The molecule has 0 saturated heterocycles. The Morgan fingerprint density at radius 1 is 1.55 bits per heavy atom. The van der Waals surface area contributed by atoms with E-state index >= 15 is 0 Å². The molecule has 1 nitrogen and oxygen atoms in total. The van der Waals surface area contributed by atoms with E-state index in [0.29, 0.717) is 6.04 Å². The highest BCUT2D eigenvalue weighted by Gasteiger charge is 2.00. The third kappa shape index (κ3) is 3.79. The second kappa shape index (κ2) is 5.93. The molecular formula is C10H17N. The molecule has 0 aromatic rings. The quantitative estimate of drug-likeness (QED) is 0.594. The van der Waals surface area contributed by atoms with Crippen LogP contribution in [0.5, 0.6) is 0 Å². The minimum atomic E-state index is 0.371. The number of hydrogen-bond acceptors (Lipinski definition) is 1. The van der Waals surface area contributed by atoms with Gasteiger partial charge in [-0.2, -0.15) is 0 Å². The summed E-state index contributed by atoms with van der Waals surface area (Å²) in [7, 11) is 0. The van der Waals surface area contributed by atoms with Crippen LogP contribution in [-0.4, -0.2) is 12.6 Å². The highest BCUT2D eigenvalue weighted by atomic mass is 14.9. The first-order chi connectivity index (χ1) is 5.26. The van der Waals surface area contributed by atoms with Crippen molar-refractivity contribution in [2.24, 2.45) is 0 Å². The van der Waals surface area contributed by atoms with Crippen LogP contribution < -0.4 is 5.32 Å². The van der Waals surface area contributed by atoms with E-state index in [4.69, 9.17) is 0 Å². The van der Waals surface area contributed by atoms with Gasteiger partial charge < -0.3 is 5.32 Å². The van der Waals surface area contributed by atoms with E-state index < -0.39 is 0 Å². The smallest absolute Gasteiger partial charge is 0.0291 e. The molecule has 0 unspecified atom stereocenters. The lowest BCUT2D eigenvalue weighted by molar-refractivity contribution is 0.643. The lowest BCUT2D eigenvalue weighted by Gasteiger charge is -2.12. The minimum absolute atomic E-state index is 0.371. The maximum absolute atomic E-state index is 3.73. The molecule has 0 spiro atoms. The highest BCUT2D eigenvalue weighted by Crippen LogP contribution is 2.02. The van der Waals surface area contributed by atoms with Gasteiger partial charge >= 0.3 is 0 Å². The van der Waals surface area contributed by atoms with Gasteiger partial charge in [0.2, 0.25) is 0 Å². The first-order valence-electron chi connectivity index (χ1n) is 3.94. The van der Waals surface area contributed by atoms with Gasteiger partial charge in [-0.1, -0.05) is 38.3 Å². The van der Waals surface area contributed by atoms with Crippen molar-refractivity contribution in [1.82, 2.24) is 5.32 Å². The van der Waals surface area contributed by atoms with Gasteiger partial charge in [-0.05, 0) is 19.0 Å². The summed E-state index contributed by atoms with van der Waals surface area (Å²) in [6.07, 6.45) is 5.61. The molecular weight excluding hydrogens is 134 g/mol. The molecule has 0 heterocycles. The van der Waals surface area contributed by atoms with Crippen LogP contribution in [0.15, 0.2) is 37.0 Å². The zero-order chi connectivity index (χ0) is 8.69. The largest absolute Gasteiger partial charge is 0.310 e. The number of rotatable bonds is 5. The molecule has 0 bridgehead atoms. The Labute approximate surface area is 69.5 Å². The predicted molar refractivity (Wildman–Crippen MR) is 51.6 cm³/mol. The molecule has 1 N–H and O–H groups in total. The average molecular weight is 151 g/mol. The van der Waals surface area contributed by atoms with Gasteiger partial charge in [-0.25, -0.2) is 0 Å². The average Bonchev–Trinajstić information content (AvgIpc) is 2.00. The van der Waals surface area contributed by atoms with E-state index in [1.54, 1.807) is 6.08 Å². The predicted octanol–water partition coefficient (Wildman–Crippen LogP) is 2.28. The zero-order valence-corrected chi connectivity index (χ0v) is 7.43. The minimum Gasteiger partial charge on any atom is -0.310 e. The third-order valence-electron chi connectivity index (χ3n) is 1.56. The van der Waals surface area contributed by atoms with E-state index in [9.17, 15) is 0 Å². The number of hydrogen-bond donors (Lipinski definition) is 1. The van der Waals surface area contributed by atoms with Crippen molar-refractivity contribution in [3.8, 4) is 0 Å². The maximum atomic E-state index is 3.73. The monoisotopic (exact) mass is 151 g/mol. The van der Waals surface area contributed by atoms with Crippen LogP contribution in [0.3, 0.4) is 0 Å². The SMILES string of the molecule is C=C/C=C(\C=C)[C@@H](C)NCC. The molecule has 0 aliphatic carbocycles. The molecule has 0 amide bonds. The van der Waals surface area contributed by atoms with Crippen molar-refractivity contribution in [3.63, 3.8) is 0 Å². The van der Waals surface area contributed by atoms with E-state index in [1.165, 1.54) is 5.57 Å². The summed E-state index contributed by atoms with van der Waals surface area (Å²) in [5.74, 6) is 0. The fraction of sp³-hybridized carbons (Fsp3) is 0.400. The van der Waals surface area contributed by atoms with E-state index in [2.05, 4.69) is 32.3 Å². The Morgan fingerprint density at radius 3 is 2.55 bits per heavy atom. The molecule has 0 rings (SSSR count). The van der Waals surface area contributed by atoms with Gasteiger partial charge in [0.15, 0.2) is 0 Å². The topological polar surface area (TPSA) is 12.0 Å². The molecule has 62 valence electrons. The summed E-state index contributed by atoms with van der Waals surface area (Å²) in [5, 5.41) is 3.29. The molecule has 0 aliphatic heterocycles. The van der Waals surface area contributed by atoms with Crippen LogP contribution in [0.25, 0.3) is 0 Å². The van der Waals surface area contributed by atoms with Crippen LogP contribution in [0.1, 0.15) is 13.8 Å². The van der Waals surface area contributed by atoms with Crippen molar-refractivity contribution in [1.29, 1.82) is 0 Å². The summed E-state index contributed by atoms with van der Waals surface area (Å²) >= 11 is 0. The molecule has 0 fully saturated rings. The van der Waals surface area contributed by atoms with E-state index in [0.717, 1.165) is 6.54 Å². The van der Waals surface area contributed by atoms with Gasteiger partial charge in [-0.15, -0.1) is 0 Å². The first-order valence-corrected chi connectivity index (χ1v) is 3.94. The summed E-state index contributed by atoms with van der Waals surface area (Å²) in [6.45, 7) is 12.5. The molecule has 11 heavy (non-hydrogen) atoms. The van der Waals surface area contributed by atoms with Gasteiger partial charge in [-0.3, -0.25) is 0 Å². The third-order valence-corrected chi connectivity index (χ3v) is 1.56. The lowest BCUT2D eigenvalue weighted by Crippen LogP contribution is -2.26. The van der Waals surface area contributed by atoms with Crippen LogP contribution in [0.4, 0.5) is 0 Å². The first kappa shape index (κ1) is 10.2. The fourth-order valence-electron chi connectivity index (χ4n) is 0.949. The number of allylic oxidation sites excluding steroid dienone is 2. The van der Waals surface area contributed by atoms with E-state index in [1.807, 2.05) is 12.2 Å². The second-order valence-corrected chi connectivity index (χ2v) is 2.39. The Bertz CT molecular complexity index is 156. The van der Waals surface area contributed by atoms with Crippen molar-refractivity contribution < 1.29 is 0 Å². The molecule has 0 aromatic heterocycles. The highest BCUT2D eigenvalue weighted by molar-refractivity contribution is 5.25. The molecule has 1 atom stereocenters. The van der Waals surface area contributed by atoms with Crippen molar-refractivity contribution in [2.45, 2.75) is 19.9 Å². The Morgan fingerprint density at radius 2 is 2.18 bits per heavy atom. The number of nitrogens with one attached hydrogen (secondary N) is 1. The van der Waals surface area contributed by atoms with Crippen molar-refractivity contribution in [2.75, 3.05) is 6.54 Å². The second-order valence-electron chi connectivity index (χ2n) is 2.39. The zero-order valence-electron chi connectivity index (χ0n) is 7.43. The van der Waals surface area contributed by atoms with Crippen LogP contribution in [0, 0.1) is 0 Å². The number of likely N-dealkylation sites (N-methyl/N-ethyl adjacent to an activating group) is 1. The molecule has 0 radical (unpaired) electrons. The molecule has 0 aliphatic rings. The van der Waals surface area contributed by atoms with Crippen LogP contribution >= 0.6 is 0 Å². The molecule has 1 heteroatoms. The van der Waals surface area contributed by atoms with Gasteiger partial charge in [0.05, 0.1) is 0 Å². The van der Waals surface area contributed by atoms with Crippen molar-refractivity contribution >= 4 is 0 Å². The lowest BCUT2D eigenvalue weighted by atomic mass is 10.1. The van der Waals surface area contributed by atoms with Gasteiger partial charge in [0, 0.05) is 6.04 Å². The maximum Gasteiger partial charge on any atom is 0.0291 e.